The Hall–Kier alpha value is -2.89. The van der Waals surface area contributed by atoms with E-state index in [9.17, 15) is 4.79 Å². The number of ether oxygens (including phenoxy) is 1. The lowest BCUT2D eigenvalue weighted by molar-refractivity contribution is 0.0594. The molecule has 1 aromatic carbocycles. The molecule has 0 radical (unpaired) electrons. The van der Waals surface area contributed by atoms with E-state index in [2.05, 4.69) is 50.0 Å². The molecule has 1 amide bonds. The van der Waals surface area contributed by atoms with Crippen LogP contribution in [-0.2, 0) is 0 Å². The van der Waals surface area contributed by atoms with Crippen molar-refractivity contribution in [1.82, 2.24) is 15.0 Å². The first-order chi connectivity index (χ1) is 14.3. The number of hydrogen-bond acceptors (Lipinski definition) is 5. The average Bonchev–Trinajstić information content (AvgIpc) is 3.11. The Morgan fingerprint density at radius 2 is 1.83 bits per heavy atom. The van der Waals surface area contributed by atoms with Crippen LogP contribution in [0, 0.1) is 20.8 Å². The van der Waals surface area contributed by atoms with Gasteiger partial charge in [-0.25, -0.2) is 4.98 Å². The van der Waals surface area contributed by atoms with E-state index in [4.69, 9.17) is 9.26 Å². The van der Waals surface area contributed by atoms with E-state index < -0.39 is 0 Å². The van der Waals surface area contributed by atoms with Crippen molar-refractivity contribution < 1.29 is 14.1 Å². The zero-order valence-corrected chi connectivity index (χ0v) is 18.4. The second-order valence-corrected chi connectivity index (χ2v) is 8.53. The van der Waals surface area contributed by atoms with Gasteiger partial charge in [0.2, 0.25) is 0 Å². The van der Waals surface area contributed by atoms with Gasteiger partial charge in [-0.2, -0.15) is 0 Å². The third-order valence-corrected chi connectivity index (χ3v) is 5.88. The highest BCUT2D eigenvalue weighted by Gasteiger charge is 2.28. The molecule has 6 nitrogen and oxygen atoms in total. The fraction of sp³-hybridized carbons (Fsp3) is 0.458. The van der Waals surface area contributed by atoms with Crippen molar-refractivity contribution in [1.29, 1.82) is 0 Å². The van der Waals surface area contributed by atoms with Crippen molar-refractivity contribution in [3.05, 3.63) is 52.3 Å². The number of aryl methyl sites for hydroxylation is 3. The first-order valence-corrected chi connectivity index (χ1v) is 10.6. The summed E-state index contributed by atoms with van der Waals surface area (Å²) >= 11 is 0. The zero-order chi connectivity index (χ0) is 21.4. The zero-order valence-electron chi connectivity index (χ0n) is 18.4. The van der Waals surface area contributed by atoms with Gasteiger partial charge in [0.15, 0.2) is 0 Å². The van der Waals surface area contributed by atoms with E-state index in [-0.39, 0.29) is 17.9 Å². The van der Waals surface area contributed by atoms with Gasteiger partial charge in [-0.1, -0.05) is 37.2 Å². The molecule has 6 heteroatoms. The van der Waals surface area contributed by atoms with Crippen LogP contribution in [0.3, 0.4) is 0 Å². The summed E-state index contributed by atoms with van der Waals surface area (Å²) < 4.78 is 11.7. The predicted molar refractivity (Wildman–Crippen MR) is 116 cm³/mol. The van der Waals surface area contributed by atoms with Gasteiger partial charge in [-0.15, -0.1) is 0 Å². The summed E-state index contributed by atoms with van der Waals surface area (Å²) in [5.41, 5.74) is 4.92. The molecular formula is C24H29N3O3. The molecule has 0 aliphatic carbocycles. The van der Waals surface area contributed by atoms with Crippen molar-refractivity contribution in [3.8, 4) is 5.75 Å². The smallest absolute Gasteiger partial charge is 0.259 e. The van der Waals surface area contributed by atoms with E-state index in [0.29, 0.717) is 30.1 Å². The fourth-order valence-electron chi connectivity index (χ4n) is 4.08. The molecule has 1 aliphatic heterocycles. The first kappa shape index (κ1) is 20.4. The molecule has 1 fully saturated rings. The van der Waals surface area contributed by atoms with Gasteiger partial charge in [0.05, 0.1) is 16.6 Å². The summed E-state index contributed by atoms with van der Waals surface area (Å²) in [5, 5.41) is 4.75. The summed E-state index contributed by atoms with van der Waals surface area (Å²) in [6, 6.07) is 8.09. The quantitative estimate of drug-likeness (QED) is 0.612. The summed E-state index contributed by atoms with van der Waals surface area (Å²) in [4.78, 5) is 19.9. The number of aromatic nitrogens is 2. The number of likely N-dealkylation sites (tertiary alicyclic amines) is 1. The molecule has 1 aliphatic rings. The van der Waals surface area contributed by atoms with Crippen molar-refractivity contribution >= 4 is 17.0 Å². The highest BCUT2D eigenvalue weighted by molar-refractivity contribution is 6.06. The number of fused-ring (bicyclic) bond motifs is 1. The number of para-hydroxylation sites is 1. The van der Waals surface area contributed by atoms with Crippen molar-refractivity contribution in [3.63, 3.8) is 0 Å². The molecule has 0 saturated carbocycles. The normalized spacial score (nSPS) is 15.2. The molecule has 30 heavy (non-hydrogen) atoms. The highest BCUT2D eigenvalue weighted by atomic mass is 16.5. The number of pyridine rings is 1. The molecular weight excluding hydrogens is 378 g/mol. The van der Waals surface area contributed by atoms with E-state index in [1.54, 1.807) is 0 Å². The number of amides is 1. The minimum absolute atomic E-state index is 0.0149. The number of rotatable bonds is 4. The Morgan fingerprint density at radius 3 is 2.47 bits per heavy atom. The largest absolute Gasteiger partial charge is 0.490 e. The molecule has 0 unspecified atom stereocenters. The number of benzene rings is 1. The van der Waals surface area contributed by atoms with Gasteiger partial charge in [0, 0.05) is 31.6 Å². The van der Waals surface area contributed by atoms with Gasteiger partial charge in [-0.05, 0) is 43.9 Å². The Labute approximate surface area is 177 Å². The summed E-state index contributed by atoms with van der Waals surface area (Å²) in [5.74, 6) is 1.18. The Balaban J connectivity index is 1.52. The third-order valence-electron chi connectivity index (χ3n) is 5.88. The number of nitrogens with zero attached hydrogens (tertiary/aromatic N) is 3. The lowest BCUT2D eigenvalue weighted by atomic mass is 10.0. The van der Waals surface area contributed by atoms with Gasteiger partial charge in [0.25, 0.3) is 11.6 Å². The van der Waals surface area contributed by atoms with Gasteiger partial charge in [-0.3, -0.25) is 4.79 Å². The van der Waals surface area contributed by atoms with Crippen LogP contribution in [0.4, 0.5) is 0 Å². The van der Waals surface area contributed by atoms with Crippen LogP contribution in [-0.4, -0.2) is 40.1 Å². The van der Waals surface area contributed by atoms with Crippen LogP contribution in [0.5, 0.6) is 5.75 Å². The molecule has 2 aromatic heterocycles. The van der Waals surface area contributed by atoms with E-state index in [1.165, 1.54) is 0 Å². The first-order valence-electron chi connectivity index (χ1n) is 10.6. The van der Waals surface area contributed by atoms with E-state index >= 15 is 0 Å². The highest BCUT2D eigenvalue weighted by Crippen LogP contribution is 2.29. The van der Waals surface area contributed by atoms with E-state index in [0.717, 1.165) is 40.8 Å². The summed E-state index contributed by atoms with van der Waals surface area (Å²) in [7, 11) is 0. The number of piperidine rings is 1. The van der Waals surface area contributed by atoms with Crippen molar-refractivity contribution in [2.75, 3.05) is 13.1 Å². The van der Waals surface area contributed by atoms with Gasteiger partial charge >= 0.3 is 0 Å². The molecule has 3 aromatic rings. The van der Waals surface area contributed by atoms with Crippen LogP contribution in [0.25, 0.3) is 11.1 Å². The Morgan fingerprint density at radius 1 is 1.17 bits per heavy atom. The van der Waals surface area contributed by atoms with E-state index in [1.807, 2.05) is 24.0 Å². The SMILES string of the molecule is Cc1cccc(C)c1OC1CCN(C(=O)c2cc(C(C)C)nc3onc(C)c23)CC1. The minimum atomic E-state index is 0.0149. The molecule has 158 valence electrons. The second kappa shape index (κ2) is 8.09. The van der Waals surface area contributed by atoms with Gasteiger partial charge < -0.3 is 14.2 Å². The second-order valence-electron chi connectivity index (χ2n) is 8.53. The van der Waals surface area contributed by atoms with Gasteiger partial charge in [0.1, 0.15) is 11.9 Å². The standard InChI is InChI=1S/C24H29N3O3/c1-14(2)20-13-19(21-17(5)26-30-23(21)25-20)24(28)27-11-9-18(10-12-27)29-22-15(3)7-6-8-16(22)4/h6-8,13-14,18H,9-12H2,1-5H3. The molecule has 0 bridgehead atoms. The molecule has 4 rings (SSSR count). The number of carbonyl (C=O) groups excluding carboxylic acids is 1. The van der Waals surface area contributed by atoms with Crippen LogP contribution >= 0.6 is 0 Å². The fourth-order valence-corrected chi connectivity index (χ4v) is 4.08. The lowest BCUT2D eigenvalue weighted by Gasteiger charge is -2.33. The maximum absolute atomic E-state index is 13.4. The van der Waals surface area contributed by atoms with Crippen molar-refractivity contribution in [2.24, 2.45) is 0 Å². The summed E-state index contributed by atoms with van der Waals surface area (Å²) in [6.45, 7) is 11.4. The topological polar surface area (TPSA) is 68.5 Å². The third kappa shape index (κ3) is 3.78. The maximum Gasteiger partial charge on any atom is 0.259 e. The Kier molecular flexibility index (Phi) is 5.50. The van der Waals surface area contributed by atoms with Crippen LogP contribution < -0.4 is 4.74 Å². The lowest BCUT2D eigenvalue weighted by Crippen LogP contribution is -2.42. The van der Waals surface area contributed by atoms with Crippen LogP contribution in [0.1, 0.15) is 65.5 Å². The molecule has 0 N–H and O–H groups in total. The van der Waals surface area contributed by atoms with Crippen molar-refractivity contribution in [2.45, 2.75) is 59.5 Å². The predicted octanol–water partition coefficient (Wildman–Crippen LogP) is 4.96. The number of hydrogen-bond donors (Lipinski definition) is 0. The monoisotopic (exact) mass is 407 g/mol. The number of carbonyl (C=O) groups is 1. The Bertz CT molecular complexity index is 1060. The molecule has 0 atom stereocenters. The average molecular weight is 408 g/mol. The molecule has 1 saturated heterocycles. The minimum Gasteiger partial charge on any atom is -0.490 e. The van der Waals surface area contributed by atoms with Crippen LogP contribution in [0.15, 0.2) is 28.8 Å². The molecule has 0 spiro atoms. The maximum atomic E-state index is 13.4. The molecule has 3 heterocycles. The summed E-state index contributed by atoms with van der Waals surface area (Å²) in [6.07, 6.45) is 1.75. The van der Waals surface area contributed by atoms with Crippen LogP contribution in [0.2, 0.25) is 0 Å².